The van der Waals surface area contributed by atoms with Gasteiger partial charge in [-0.25, -0.2) is 0 Å². The molecule has 0 fully saturated rings. The summed E-state index contributed by atoms with van der Waals surface area (Å²) >= 11 is 9.47. The van der Waals surface area contributed by atoms with E-state index >= 15 is 0 Å². The smallest absolute Gasteiger partial charge is 0.127 e. The Bertz CT molecular complexity index is 482. The van der Waals surface area contributed by atoms with E-state index in [9.17, 15) is 0 Å². The molecule has 0 spiro atoms. The van der Waals surface area contributed by atoms with Crippen molar-refractivity contribution >= 4 is 38.3 Å². The van der Waals surface area contributed by atoms with Crippen LogP contribution in [0.15, 0.2) is 34.8 Å². The van der Waals surface area contributed by atoms with Crippen molar-refractivity contribution in [2.45, 2.75) is 0 Å². The summed E-state index contributed by atoms with van der Waals surface area (Å²) in [4.78, 5) is 0. The van der Waals surface area contributed by atoms with Crippen LogP contribution >= 0.6 is 27.5 Å². The number of methoxy groups -OCH3 is 1. The van der Waals surface area contributed by atoms with Crippen molar-refractivity contribution in [2.75, 3.05) is 7.11 Å². The van der Waals surface area contributed by atoms with Crippen molar-refractivity contribution < 1.29 is 4.74 Å². The second-order valence-electron chi connectivity index (χ2n) is 2.92. The summed E-state index contributed by atoms with van der Waals surface area (Å²) < 4.78 is 6.16. The van der Waals surface area contributed by atoms with Gasteiger partial charge in [-0.15, -0.1) is 0 Å². The third-order valence-corrected chi connectivity index (χ3v) is 3.48. The predicted molar refractivity (Wildman–Crippen MR) is 63.2 cm³/mol. The number of hydrogen-bond acceptors (Lipinski definition) is 1. The van der Waals surface area contributed by atoms with E-state index in [0.29, 0.717) is 5.02 Å². The van der Waals surface area contributed by atoms with Gasteiger partial charge in [-0.3, -0.25) is 0 Å². The Balaban J connectivity index is 2.89. The SMILES string of the molecule is COc1cccc2ccc(Cl)c(Br)c12. The highest BCUT2D eigenvalue weighted by Crippen LogP contribution is 2.36. The van der Waals surface area contributed by atoms with Gasteiger partial charge < -0.3 is 4.74 Å². The molecule has 14 heavy (non-hydrogen) atoms. The number of benzene rings is 2. The molecule has 0 amide bonds. The summed E-state index contributed by atoms with van der Waals surface area (Å²) in [5.41, 5.74) is 0. The lowest BCUT2D eigenvalue weighted by molar-refractivity contribution is 0.419. The lowest BCUT2D eigenvalue weighted by atomic mass is 10.1. The fraction of sp³-hybridized carbons (Fsp3) is 0.0909. The van der Waals surface area contributed by atoms with Crippen LogP contribution in [0.25, 0.3) is 10.8 Å². The van der Waals surface area contributed by atoms with Crippen LogP contribution in [0.1, 0.15) is 0 Å². The standard InChI is InChI=1S/C11H8BrClO/c1-14-9-4-2-3-7-5-6-8(13)11(12)10(7)9/h2-6H,1H3. The Labute approximate surface area is 95.8 Å². The Morgan fingerprint density at radius 2 is 2.00 bits per heavy atom. The summed E-state index contributed by atoms with van der Waals surface area (Å²) in [6, 6.07) is 9.75. The maximum Gasteiger partial charge on any atom is 0.127 e. The molecule has 2 aromatic carbocycles. The van der Waals surface area contributed by atoms with Gasteiger partial charge in [-0.05, 0) is 33.4 Å². The quantitative estimate of drug-likeness (QED) is 0.753. The zero-order valence-corrected chi connectivity index (χ0v) is 9.89. The fourth-order valence-corrected chi connectivity index (χ4v) is 2.16. The lowest BCUT2D eigenvalue weighted by Crippen LogP contribution is -1.85. The molecule has 0 bridgehead atoms. The van der Waals surface area contributed by atoms with Crippen LogP contribution in [0.5, 0.6) is 5.75 Å². The largest absolute Gasteiger partial charge is 0.496 e. The molecule has 72 valence electrons. The number of rotatable bonds is 1. The average molecular weight is 272 g/mol. The van der Waals surface area contributed by atoms with Crippen molar-refractivity contribution in [3.8, 4) is 5.75 Å². The van der Waals surface area contributed by atoms with Gasteiger partial charge in [0.25, 0.3) is 0 Å². The molecule has 3 heteroatoms. The number of hydrogen-bond donors (Lipinski definition) is 0. The number of halogens is 2. The number of ether oxygens (including phenoxy) is 1. The molecular formula is C11H8BrClO. The highest BCUT2D eigenvalue weighted by molar-refractivity contribution is 9.10. The maximum atomic E-state index is 6.01. The van der Waals surface area contributed by atoms with Gasteiger partial charge in [0.15, 0.2) is 0 Å². The highest BCUT2D eigenvalue weighted by atomic mass is 79.9. The first-order chi connectivity index (χ1) is 6.74. The summed E-state index contributed by atoms with van der Waals surface area (Å²) in [7, 11) is 1.65. The van der Waals surface area contributed by atoms with Gasteiger partial charge in [-0.2, -0.15) is 0 Å². The van der Waals surface area contributed by atoms with Crippen molar-refractivity contribution in [2.24, 2.45) is 0 Å². The van der Waals surface area contributed by atoms with Crippen LogP contribution in [-0.4, -0.2) is 7.11 Å². The van der Waals surface area contributed by atoms with E-state index in [1.54, 1.807) is 7.11 Å². The van der Waals surface area contributed by atoms with Gasteiger partial charge in [-0.1, -0.05) is 29.8 Å². The molecule has 0 aliphatic carbocycles. The highest BCUT2D eigenvalue weighted by Gasteiger charge is 2.07. The van der Waals surface area contributed by atoms with Crippen molar-refractivity contribution in [3.05, 3.63) is 39.8 Å². The van der Waals surface area contributed by atoms with E-state index in [0.717, 1.165) is 21.0 Å². The molecule has 0 N–H and O–H groups in total. The molecule has 0 saturated carbocycles. The second kappa shape index (κ2) is 3.79. The van der Waals surface area contributed by atoms with Crippen molar-refractivity contribution in [1.29, 1.82) is 0 Å². The van der Waals surface area contributed by atoms with E-state index in [-0.39, 0.29) is 0 Å². The van der Waals surface area contributed by atoms with E-state index in [2.05, 4.69) is 15.9 Å². The fourth-order valence-electron chi connectivity index (χ4n) is 1.45. The minimum absolute atomic E-state index is 0.696. The summed E-state index contributed by atoms with van der Waals surface area (Å²) in [6.07, 6.45) is 0. The lowest BCUT2D eigenvalue weighted by Gasteiger charge is -2.07. The zero-order chi connectivity index (χ0) is 10.1. The van der Waals surface area contributed by atoms with E-state index in [1.165, 1.54) is 0 Å². The first-order valence-corrected chi connectivity index (χ1v) is 5.32. The van der Waals surface area contributed by atoms with Gasteiger partial charge in [0.05, 0.1) is 12.1 Å². The summed E-state index contributed by atoms with van der Waals surface area (Å²) in [6.45, 7) is 0. The van der Waals surface area contributed by atoms with Gasteiger partial charge >= 0.3 is 0 Å². The third-order valence-electron chi connectivity index (χ3n) is 2.12. The first kappa shape index (κ1) is 9.81. The molecule has 0 atom stereocenters. The summed E-state index contributed by atoms with van der Waals surface area (Å²) in [5, 5.41) is 2.82. The van der Waals surface area contributed by atoms with Crippen LogP contribution in [0.3, 0.4) is 0 Å². The molecule has 0 radical (unpaired) electrons. The maximum absolute atomic E-state index is 6.01. The van der Waals surface area contributed by atoms with Crippen LogP contribution in [0, 0.1) is 0 Å². The minimum Gasteiger partial charge on any atom is -0.496 e. The molecule has 2 rings (SSSR count). The molecule has 0 aliphatic heterocycles. The Morgan fingerprint density at radius 1 is 1.21 bits per heavy atom. The van der Waals surface area contributed by atoms with Crippen LogP contribution in [0.2, 0.25) is 5.02 Å². The molecule has 0 saturated heterocycles. The molecule has 0 aliphatic rings. The van der Waals surface area contributed by atoms with E-state index in [4.69, 9.17) is 16.3 Å². The zero-order valence-electron chi connectivity index (χ0n) is 7.55. The predicted octanol–water partition coefficient (Wildman–Crippen LogP) is 4.26. The first-order valence-electron chi connectivity index (χ1n) is 4.15. The van der Waals surface area contributed by atoms with Crippen molar-refractivity contribution in [1.82, 2.24) is 0 Å². The van der Waals surface area contributed by atoms with Gasteiger partial charge in [0.2, 0.25) is 0 Å². The minimum atomic E-state index is 0.696. The number of fused-ring (bicyclic) bond motifs is 1. The Morgan fingerprint density at radius 3 is 2.71 bits per heavy atom. The average Bonchev–Trinajstić information content (AvgIpc) is 2.23. The molecule has 1 nitrogen and oxygen atoms in total. The Kier molecular flexibility index (Phi) is 2.66. The van der Waals surface area contributed by atoms with E-state index < -0.39 is 0 Å². The topological polar surface area (TPSA) is 9.23 Å². The second-order valence-corrected chi connectivity index (χ2v) is 4.12. The molecule has 2 aromatic rings. The monoisotopic (exact) mass is 270 g/mol. The molecular weight excluding hydrogens is 263 g/mol. The van der Waals surface area contributed by atoms with Crippen molar-refractivity contribution in [3.63, 3.8) is 0 Å². The van der Waals surface area contributed by atoms with Gasteiger partial charge in [0, 0.05) is 9.86 Å². The van der Waals surface area contributed by atoms with Crippen LogP contribution < -0.4 is 4.74 Å². The molecule has 0 aromatic heterocycles. The van der Waals surface area contributed by atoms with Gasteiger partial charge in [0.1, 0.15) is 5.75 Å². The van der Waals surface area contributed by atoms with Crippen LogP contribution in [-0.2, 0) is 0 Å². The van der Waals surface area contributed by atoms with Crippen LogP contribution in [0.4, 0.5) is 0 Å². The normalized spacial score (nSPS) is 10.5. The molecule has 0 unspecified atom stereocenters. The molecule has 0 heterocycles. The third kappa shape index (κ3) is 1.49. The van der Waals surface area contributed by atoms with E-state index in [1.807, 2.05) is 30.3 Å². The Hall–Kier alpha value is -0.730. The summed E-state index contributed by atoms with van der Waals surface area (Å²) in [5.74, 6) is 0.830.